The van der Waals surface area contributed by atoms with Crippen molar-refractivity contribution in [2.24, 2.45) is 5.92 Å². The average molecular weight is 183 g/mol. The Morgan fingerprint density at radius 2 is 2.23 bits per heavy atom. The van der Waals surface area contributed by atoms with Crippen molar-refractivity contribution in [3.8, 4) is 0 Å². The van der Waals surface area contributed by atoms with E-state index in [4.69, 9.17) is 4.74 Å². The third-order valence-corrected chi connectivity index (χ3v) is 3.37. The third-order valence-electron chi connectivity index (χ3n) is 3.37. The minimum absolute atomic E-state index is 0.135. The zero-order valence-corrected chi connectivity index (χ0v) is 8.38. The fraction of sp³-hybridized carbons (Fsp3) is 0.900. The van der Waals surface area contributed by atoms with Crippen molar-refractivity contribution in [2.45, 2.75) is 38.1 Å². The molecule has 1 amide bonds. The molecule has 1 saturated heterocycles. The molecule has 2 fully saturated rings. The Hall–Kier alpha value is -0.730. The van der Waals surface area contributed by atoms with Gasteiger partial charge in [-0.2, -0.15) is 0 Å². The summed E-state index contributed by atoms with van der Waals surface area (Å²) in [4.78, 5) is 13.4. The Kier molecular flexibility index (Phi) is 1.97. The van der Waals surface area contributed by atoms with Crippen LogP contribution >= 0.6 is 0 Å². The van der Waals surface area contributed by atoms with E-state index >= 15 is 0 Å². The number of amides is 1. The summed E-state index contributed by atoms with van der Waals surface area (Å²) in [6, 6.07) is 0. The molecule has 13 heavy (non-hydrogen) atoms. The fourth-order valence-electron chi connectivity index (χ4n) is 2.46. The molecule has 3 heteroatoms. The molecule has 1 atom stereocenters. The predicted octanol–water partition coefficient (Wildman–Crippen LogP) is 2.02. The van der Waals surface area contributed by atoms with Crippen LogP contribution in [0.5, 0.6) is 0 Å². The Morgan fingerprint density at radius 1 is 1.54 bits per heavy atom. The van der Waals surface area contributed by atoms with E-state index in [1.165, 1.54) is 26.4 Å². The Morgan fingerprint density at radius 3 is 2.77 bits per heavy atom. The maximum atomic E-state index is 11.4. The summed E-state index contributed by atoms with van der Waals surface area (Å²) in [5, 5.41) is 0. The van der Waals surface area contributed by atoms with Crippen LogP contribution in [0.25, 0.3) is 0 Å². The molecule has 1 saturated carbocycles. The highest BCUT2D eigenvalue weighted by Gasteiger charge is 2.52. The largest absolute Gasteiger partial charge is 0.453 e. The topological polar surface area (TPSA) is 29.5 Å². The fourth-order valence-corrected chi connectivity index (χ4v) is 2.46. The number of hydrogen-bond acceptors (Lipinski definition) is 2. The number of likely N-dealkylation sites (tertiary alicyclic amines) is 1. The van der Waals surface area contributed by atoms with Crippen LogP contribution in [-0.2, 0) is 4.74 Å². The van der Waals surface area contributed by atoms with Gasteiger partial charge in [-0.1, -0.05) is 6.92 Å². The lowest BCUT2D eigenvalue weighted by molar-refractivity contribution is 0.0688. The maximum Gasteiger partial charge on any atom is 0.409 e. The molecule has 1 heterocycles. The van der Waals surface area contributed by atoms with E-state index in [2.05, 4.69) is 6.92 Å². The Bertz CT molecular complexity index is 223. The number of nitrogens with zero attached hydrogens (tertiary/aromatic N) is 1. The monoisotopic (exact) mass is 183 g/mol. The molecule has 0 radical (unpaired) electrons. The van der Waals surface area contributed by atoms with Gasteiger partial charge in [-0.3, -0.25) is 0 Å². The van der Waals surface area contributed by atoms with Crippen LogP contribution in [0.1, 0.15) is 32.6 Å². The van der Waals surface area contributed by atoms with Crippen LogP contribution in [0.3, 0.4) is 0 Å². The van der Waals surface area contributed by atoms with Crippen LogP contribution in [-0.4, -0.2) is 30.2 Å². The molecule has 0 aromatic rings. The molecular formula is C10H17NO2. The second kappa shape index (κ2) is 2.89. The second-order valence-corrected chi connectivity index (χ2v) is 4.44. The van der Waals surface area contributed by atoms with Crippen molar-refractivity contribution in [1.29, 1.82) is 0 Å². The Labute approximate surface area is 79.0 Å². The highest BCUT2D eigenvalue weighted by atomic mass is 16.5. The van der Waals surface area contributed by atoms with E-state index < -0.39 is 0 Å². The highest BCUT2D eigenvalue weighted by Crippen LogP contribution is 2.49. The van der Waals surface area contributed by atoms with E-state index in [0.29, 0.717) is 0 Å². The van der Waals surface area contributed by atoms with Crippen molar-refractivity contribution in [3.05, 3.63) is 0 Å². The minimum atomic E-state index is -0.135. The van der Waals surface area contributed by atoms with Crippen LogP contribution in [0, 0.1) is 5.92 Å². The van der Waals surface area contributed by atoms with Gasteiger partial charge in [0.15, 0.2) is 0 Å². The van der Waals surface area contributed by atoms with Gasteiger partial charge in [0, 0.05) is 12.1 Å². The van der Waals surface area contributed by atoms with Gasteiger partial charge in [0.25, 0.3) is 0 Å². The summed E-state index contributed by atoms with van der Waals surface area (Å²) in [5.41, 5.74) is 0.199. The number of hydrogen-bond donors (Lipinski definition) is 0. The first kappa shape index (κ1) is 8.85. The molecule has 2 rings (SSSR count). The van der Waals surface area contributed by atoms with E-state index in [1.807, 2.05) is 4.90 Å². The number of methoxy groups -OCH3 is 1. The summed E-state index contributed by atoms with van der Waals surface area (Å²) in [6.07, 6.45) is 4.50. The van der Waals surface area contributed by atoms with E-state index in [9.17, 15) is 4.79 Å². The number of ether oxygens (including phenoxy) is 1. The molecule has 0 aromatic carbocycles. The smallest absolute Gasteiger partial charge is 0.409 e. The molecule has 1 aliphatic heterocycles. The quantitative estimate of drug-likeness (QED) is 0.575. The van der Waals surface area contributed by atoms with Crippen LogP contribution < -0.4 is 0 Å². The molecule has 0 N–H and O–H groups in total. The maximum absolute atomic E-state index is 11.4. The van der Waals surface area contributed by atoms with Crippen molar-refractivity contribution in [3.63, 3.8) is 0 Å². The van der Waals surface area contributed by atoms with Gasteiger partial charge in [0.1, 0.15) is 0 Å². The minimum Gasteiger partial charge on any atom is -0.453 e. The molecule has 0 bridgehead atoms. The lowest BCUT2D eigenvalue weighted by Crippen LogP contribution is -2.47. The van der Waals surface area contributed by atoms with Gasteiger partial charge in [-0.05, 0) is 31.6 Å². The molecule has 1 unspecified atom stereocenters. The molecule has 1 spiro atoms. The Balaban J connectivity index is 2.07. The summed E-state index contributed by atoms with van der Waals surface area (Å²) < 4.78 is 4.79. The van der Waals surface area contributed by atoms with Crippen molar-refractivity contribution >= 4 is 6.09 Å². The number of carbonyl (C=O) groups excluding carboxylic acids is 1. The van der Waals surface area contributed by atoms with E-state index in [-0.39, 0.29) is 11.6 Å². The van der Waals surface area contributed by atoms with Crippen LogP contribution in [0.4, 0.5) is 4.79 Å². The van der Waals surface area contributed by atoms with Crippen LogP contribution in [0.15, 0.2) is 0 Å². The highest BCUT2D eigenvalue weighted by molar-refractivity contribution is 5.69. The van der Waals surface area contributed by atoms with Gasteiger partial charge >= 0.3 is 6.09 Å². The summed E-state index contributed by atoms with van der Waals surface area (Å²) in [6.45, 7) is 3.16. The van der Waals surface area contributed by atoms with Gasteiger partial charge in [-0.25, -0.2) is 4.79 Å². The molecule has 0 aromatic heterocycles. The van der Waals surface area contributed by atoms with Gasteiger partial charge in [0.2, 0.25) is 0 Å². The van der Waals surface area contributed by atoms with Crippen molar-refractivity contribution in [1.82, 2.24) is 4.90 Å². The van der Waals surface area contributed by atoms with Gasteiger partial charge in [0.05, 0.1) is 7.11 Å². The lowest BCUT2D eigenvalue weighted by atomic mass is 9.91. The van der Waals surface area contributed by atoms with E-state index in [0.717, 1.165) is 18.9 Å². The summed E-state index contributed by atoms with van der Waals surface area (Å²) in [5.74, 6) is 0.767. The number of rotatable bonds is 0. The average Bonchev–Trinajstić information content (AvgIpc) is 2.84. The predicted molar refractivity (Wildman–Crippen MR) is 49.5 cm³/mol. The molecule has 3 nitrogen and oxygen atoms in total. The first-order chi connectivity index (χ1) is 6.18. The summed E-state index contributed by atoms with van der Waals surface area (Å²) >= 11 is 0. The zero-order valence-electron chi connectivity index (χ0n) is 8.38. The van der Waals surface area contributed by atoms with Crippen molar-refractivity contribution < 1.29 is 9.53 Å². The van der Waals surface area contributed by atoms with Gasteiger partial charge in [-0.15, -0.1) is 0 Å². The van der Waals surface area contributed by atoms with Crippen molar-refractivity contribution in [2.75, 3.05) is 13.7 Å². The summed E-state index contributed by atoms with van der Waals surface area (Å²) in [7, 11) is 1.47. The standard InChI is InChI=1S/C10H17NO2/c1-8-3-6-11(9(12)13-2)10(7-8)4-5-10/h8H,3-7H2,1-2H3. The number of carbonyl (C=O) groups is 1. The normalized spacial score (nSPS) is 30.3. The molecular weight excluding hydrogens is 166 g/mol. The third kappa shape index (κ3) is 1.40. The zero-order chi connectivity index (χ0) is 9.47. The van der Waals surface area contributed by atoms with E-state index in [1.54, 1.807) is 0 Å². The van der Waals surface area contributed by atoms with Gasteiger partial charge < -0.3 is 9.64 Å². The molecule has 74 valence electrons. The second-order valence-electron chi connectivity index (χ2n) is 4.44. The first-order valence-electron chi connectivity index (χ1n) is 5.03. The van der Waals surface area contributed by atoms with Crippen LogP contribution in [0.2, 0.25) is 0 Å². The lowest BCUT2D eigenvalue weighted by Gasteiger charge is -2.38. The number of piperidine rings is 1. The first-order valence-corrected chi connectivity index (χ1v) is 5.03. The SMILES string of the molecule is COC(=O)N1CCC(C)CC12CC2. The molecule has 2 aliphatic rings. The molecule has 1 aliphatic carbocycles.